The smallest absolute Gasteiger partial charge is 0.384 e. The number of ether oxygens (including phenoxy) is 1. The first-order valence-corrected chi connectivity index (χ1v) is 9.87. The highest BCUT2D eigenvalue weighted by atomic mass is 19.4. The van der Waals surface area contributed by atoms with Gasteiger partial charge in [-0.05, 0) is 43.7 Å². The summed E-state index contributed by atoms with van der Waals surface area (Å²) in [5.41, 5.74) is 1.67. The Kier molecular flexibility index (Phi) is 6.56. The van der Waals surface area contributed by atoms with Crippen LogP contribution in [0.4, 0.5) is 24.5 Å². The molecule has 0 unspecified atom stereocenters. The van der Waals surface area contributed by atoms with Crippen LogP contribution in [0.3, 0.4) is 0 Å². The van der Waals surface area contributed by atoms with E-state index in [2.05, 4.69) is 5.32 Å². The van der Waals surface area contributed by atoms with Crippen molar-refractivity contribution in [3.8, 4) is 6.07 Å². The third kappa shape index (κ3) is 5.00. The van der Waals surface area contributed by atoms with E-state index in [4.69, 9.17) is 10.00 Å². The van der Waals surface area contributed by atoms with Gasteiger partial charge in [0.2, 0.25) is 5.91 Å². The second-order valence-electron chi connectivity index (χ2n) is 7.87. The van der Waals surface area contributed by atoms with Crippen molar-refractivity contribution in [2.24, 2.45) is 11.8 Å². The number of nitriles is 1. The molecule has 0 aromatic heterocycles. The van der Waals surface area contributed by atoms with E-state index < -0.39 is 23.2 Å². The van der Waals surface area contributed by atoms with Gasteiger partial charge in [-0.25, -0.2) is 0 Å². The van der Waals surface area contributed by atoms with Crippen LogP contribution < -0.4 is 10.2 Å². The van der Waals surface area contributed by atoms with Gasteiger partial charge in [0.05, 0.1) is 29.7 Å². The third-order valence-corrected chi connectivity index (χ3v) is 5.59. The summed E-state index contributed by atoms with van der Waals surface area (Å²) < 4.78 is 45.3. The minimum Gasteiger partial charge on any atom is -0.384 e. The molecule has 0 bridgehead atoms. The molecule has 5 nitrogen and oxygen atoms in total. The van der Waals surface area contributed by atoms with E-state index >= 15 is 0 Å². The van der Waals surface area contributed by atoms with Gasteiger partial charge in [-0.15, -0.1) is 0 Å². The summed E-state index contributed by atoms with van der Waals surface area (Å²) in [4.78, 5) is 14.8. The highest BCUT2D eigenvalue weighted by Crippen LogP contribution is 2.37. The largest absolute Gasteiger partial charge is 0.417 e. The lowest BCUT2D eigenvalue weighted by Crippen LogP contribution is -2.31. The number of hydrogen-bond acceptors (Lipinski definition) is 4. The van der Waals surface area contributed by atoms with Crippen molar-refractivity contribution < 1.29 is 22.7 Å². The molecular weight excluding hydrogens is 407 g/mol. The second-order valence-corrected chi connectivity index (χ2v) is 7.87. The molecule has 2 atom stereocenters. The topological polar surface area (TPSA) is 65.4 Å². The van der Waals surface area contributed by atoms with Crippen molar-refractivity contribution >= 4 is 17.3 Å². The van der Waals surface area contributed by atoms with Crippen molar-refractivity contribution in [1.29, 1.82) is 5.26 Å². The Hall–Kier alpha value is -3.05. The number of hydrogen-bond donors (Lipinski definition) is 1. The van der Waals surface area contributed by atoms with Crippen LogP contribution in [-0.4, -0.2) is 32.7 Å². The van der Waals surface area contributed by atoms with Crippen molar-refractivity contribution in [3.63, 3.8) is 0 Å². The van der Waals surface area contributed by atoms with E-state index in [1.165, 1.54) is 19.2 Å². The SMILES string of the molecule is COC[C@H]1CN(c2ccc(C#N)c(C(F)(F)F)c2)C[C@@H]1C(=O)Nc1ccc(C)cc1C. The Balaban J connectivity index is 1.84. The Bertz CT molecular complexity index is 1010. The number of amides is 1. The van der Waals surface area contributed by atoms with Crippen LogP contribution in [0.2, 0.25) is 0 Å². The van der Waals surface area contributed by atoms with Gasteiger partial charge in [0.15, 0.2) is 0 Å². The molecule has 0 spiro atoms. The number of carbonyl (C=O) groups is 1. The fourth-order valence-electron chi connectivity index (χ4n) is 4.00. The van der Waals surface area contributed by atoms with E-state index in [1.807, 2.05) is 32.0 Å². The number of carbonyl (C=O) groups excluding carboxylic acids is 1. The van der Waals surface area contributed by atoms with Crippen LogP contribution in [0.1, 0.15) is 22.3 Å². The monoisotopic (exact) mass is 431 g/mol. The quantitative estimate of drug-likeness (QED) is 0.756. The Morgan fingerprint density at radius 3 is 2.58 bits per heavy atom. The third-order valence-electron chi connectivity index (χ3n) is 5.59. The number of anilines is 2. The van der Waals surface area contributed by atoms with Crippen molar-refractivity contribution in [3.05, 3.63) is 58.7 Å². The fourth-order valence-corrected chi connectivity index (χ4v) is 4.00. The van der Waals surface area contributed by atoms with E-state index in [0.717, 1.165) is 17.2 Å². The zero-order valence-corrected chi connectivity index (χ0v) is 17.6. The van der Waals surface area contributed by atoms with Crippen LogP contribution >= 0.6 is 0 Å². The molecule has 2 aromatic rings. The molecular formula is C23H24F3N3O2. The first kappa shape index (κ1) is 22.6. The van der Waals surface area contributed by atoms with Crippen LogP contribution in [0.25, 0.3) is 0 Å². The van der Waals surface area contributed by atoms with Gasteiger partial charge in [0.25, 0.3) is 0 Å². The number of rotatable bonds is 5. The highest BCUT2D eigenvalue weighted by molar-refractivity contribution is 5.94. The van der Waals surface area contributed by atoms with E-state index in [9.17, 15) is 18.0 Å². The second kappa shape index (κ2) is 8.98. The molecule has 164 valence electrons. The molecule has 1 heterocycles. The Morgan fingerprint density at radius 2 is 1.97 bits per heavy atom. The summed E-state index contributed by atoms with van der Waals surface area (Å²) in [6, 6.07) is 11.0. The number of benzene rings is 2. The number of methoxy groups -OCH3 is 1. The van der Waals surface area contributed by atoms with E-state index in [0.29, 0.717) is 24.5 Å². The minimum atomic E-state index is -4.63. The lowest BCUT2D eigenvalue weighted by molar-refractivity contribution is -0.137. The average Bonchev–Trinajstić information content (AvgIpc) is 3.13. The summed E-state index contributed by atoms with van der Waals surface area (Å²) >= 11 is 0. The molecule has 3 rings (SSSR count). The van der Waals surface area contributed by atoms with Crippen LogP contribution in [0, 0.1) is 37.0 Å². The average molecular weight is 431 g/mol. The van der Waals surface area contributed by atoms with Crippen LogP contribution in [0.5, 0.6) is 0 Å². The predicted molar refractivity (Wildman–Crippen MR) is 112 cm³/mol. The first-order valence-electron chi connectivity index (χ1n) is 9.87. The molecule has 0 radical (unpaired) electrons. The predicted octanol–water partition coefficient (Wildman–Crippen LogP) is 4.53. The van der Waals surface area contributed by atoms with Crippen molar-refractivity contribution in [2.45, 2.75) is 20.0 Å². The fraction of sp³-hybridized carbons (Fsp3) is 0.391. The number of aryl methyl sites for hydroxylation is 2. The number of nitrogens with zero attached hydrogens (tertiary/aromatic N) is 2. The maximum Gasteiger partial charge on any atom is 0.417 e. The normalized spacial score (nSPS) is 18.7. The van der Waals surface area contributed by atoms with Gasteiger partial charge >= 0.3 is 6.18 Å². The number of halogens is 3. The summed E-state index contributed by atoms with van der Waals surface area (Å²) in [6.07, 6.45) is -4.63. The molecule has 1 saturated heterocycles. The van der Waals surface area contributed by atoms with Crippen LogP contribution in [-0.2, 0) is 15.7 Å². The number of nitrogens with one attached hydrogen (secondary N) is 1. The minimum absolute atomic E-state index is 0.180. The molecule has 2 aromatic carbocycles. The molecule has 0 aliphatic carbocycles. The maximum absolute atomic E-state index is 13.4. The van der Waals surface area contributed by atoms with Gasteiger partial charge in [0, 0.05) is 37.5 Å². The van der Waals surface area contributed by atoms with E-state index in [-0.39, 0.29) is 18.4 Å². The molecule has 0 saturated carbocycles. The summed E-state index contributed by atoms with van der Waals surface area (Å²) in [7, 11) is 1.53. The molecule has 1 aliphatic rings. The standard InChI is InChI=1S/C23H24F3N3O2/c1-14-4-7-21(15(2)8-14)28-22(30)19-12-29(11-17(19)13-31-3)18-6-5-16(10-27)20(9-18)23(24,25)26/h4-9,17,19H,11-13H2,1-3H3,(H,28,30)/t17-,19+/m1/s1. The number of alkyl halides is 3. The van der Waals surface area contributed by atoms with E-state index in [1.54, 1.807) is 11.0 Å². The molecule has 1 amide bonds. The van der Waals surface area contributed by atoms with Crippen LogP contribution in [0.15, 0.2) is 36.4 Å². The summed E-state index contributed by atoms with van der Waals surface area (Å²) in [6.45, 7) is 4.82. The van der Waals surface area contributed by atoms with Gasteiger partial charge in [-0.2, -0.15) is 18.4 Å². The zero-order chi connectivity index (χ0) is 22.8. The van der Waals surface area contributed by atoms with Gasteiger partial charge < -0.3 is 15.0 Å². The maximum atomic E-state index is 13.4. The lowest BCUT2D eigenvalue weighted by Gasteiger charge is -2.20. The Morgan fingerprint density at radius 1 is 1.23 bits per heavy atom. The molecule has 1 aliphatic heterocycles. The first-order chi connectivity index (χ1) is 14.6. The molecule has 8 heteroatoms. The van der Waals surface area contributed by atoms with Crippen molar-refractivity contribution in [2.75, 3.05) is 37.0 Å². The lowest BCUT2D eigenvalue weighted by atomic mass is 9.95. The highest BCUT2D eigenvalue weighted by Gasteiger charge is 2.39. The van der Waals surface area contributed by atoms with Gasteiger partial charge in [-0.1, -0.05) is 17.7 Å². The van der Waals surface area contributed by atoms with Gasteiger partial charge in [0.1, 0.15) is 0 Å². The molecule has 1 fully saturated rings. The zero-order valence-electron chi connectivity index (χ0n) is 17.6. The van der Waals surface area contributed by atoms with Gasteiger partial charge in [-0.3, -0.25) is 4.79 Å². The summed E-state index contributed by atoms with van der Waals surface area (Å²) in [5, 5.41) is 12.0. The molecule has 31 heavy (non-hydrogen) atoms. The van der Waals surface area contributed by atoms with Crippen molar-refractivity contribution in [1.82, 2.24) is 0 Å². The Labute approximate surface area is 179 Å². The molecule has 1 N–H and O–H groups in total. The summed E-state index contributed by atoms with van der Waals surface area (Å²) in [5.74, 6) is -0.826.